The number of carbonyl (C=O) groups excluding carboxylic acids is 1. The standard InChI is InChI=1S/C28H22O2/c1-2-3-5-10-20-15-16-24(21-11-6-4-7-12-21)26(17-20)27-25-14-9-8-13-22(25)18-23(19-29)28(27)30/h2-19,30H,1H3/b3-2-,10-5-. The summed E-state index contributed by atoms with van der Waals surface area (Å²) < 4.78 is 0. The average molecular weight is 390 g/mol. The minimum Gasteiger partial charge on any atom is -0.507 e. The van der Waals surface area contributed by atoms with Gasteiger partial charge in [0.2, 0.25) is 0 Å². The van der Waals surface area contributed by atoms with Gasteiger partial charge in [-0.3, -0.25) is 4.79 Å². The van der Waals surface area contributed by atoms with Crippen LogP contribution < -0.4 is 0 Å². The van der Waals surface area contributed by atoms with E-state index in [-0.39, 0.29) is 11.3 Å². The monoisotopic (exact) mass is 390 g/mol. The molecule has 0 aliphatic carbocycles. The molecular weight excluding hydrogens is 368 g/mol. The molecule has 0 aliphatic heterocycles. The van der Waals surface area contributed by atoms with Gasteiger partial charge in [-0.05, 0) is 52.1 Å². The van der Waals surface area contributed by atoms with Gasteiger partial charge in [-0.25, -0.2) is 0 Å². The van der Waals surface area contributed by atoms with Crippen molar-refractivity contribution in [3.8, 4) is 28.0 Å². The minimum atomic E-state index is 0.00969. The number of carbonyl (C=O) groups is 1. The summed E-state index contributed by atoms with van der Waals surface area (Å²) in [7, 11) is 0. The second-order valence-corrected chi connectivity index (χ2v) is 7.08. The largest absolute Gasteiger partial charge is 0.507 e. The SMILES string of the molecule is C/C=C\C=C/c1ccc(-c2ccccc2)c(-c2c(O)c(C=O)cc3ccccc23)c1. The summed E-state index contributed by atoms with van der Waals surface area (Å²) in [5, 5.41) is 12.9. The molecule has 0 heterocycles. The summed E-state index contributed by atoms with van der Waals surface area (Å²) >= 11 is 0. The van der Waals surface area contributed by atoms with Crippen molar-refractivity contribution in [2.24, 2.45) is 0 Å². The van der Waals surface area contributed by atoms with E-state index >= 15 is 0 Å². The molecule has 4 aromatic carbocycles. The topological polar surface area (TPSA) is 37.3 Å². The summed E-state index contributed by atoms with van der Waals surface area (Å²) in [4.78, 5) is 11.7. The van der Waals surface area contributed by atoms with E-state index in [9.17, 15) is 9.90 Å². The van der Waals surface area contributed by atoms with Crippen LogP contribution in [0, 0.1) is 0 Å². The van der Waals surface area contributed by atoms with Crippen molar-refractivity contribution in [3.63, 3.8) is 0 Å². The van der Waals surface area contributed by atoms with Crippen molar-refractivity contribution >= 4 is 23.1 Å². The molecule has 0 bridgehead atoms. The third kappa shape index (κ3) is 3.68. The van der Waals surface area contributed by atoms with Crippen molar-refractivity contribution in [1.82, 2.24) is 0 Å². The zero-order chi connectivity index (χ0) is 20.9. The molecule has 4 rings (SSSR count). The first-order valence-corrected chi connectivity index (χ1v) is 9.92. The summed E-state index contributed by atoms with van der Waals surface area (Å²) in [6.07, 6.45) is 8.68. The molecule has 4 aromatic rings. The molecule has 0 fully saturated rings. The lowest BCUT2D eigenvalue weighted by molar-refractivity contribution is 0.112. The van der Waals surface area contributed by atoms with Gasteiger partial charge in [0.05, 0.1) is 5.56 Å². The van der Waals surface area contributed by atoms with Crippen LogP contribution in [-0.4, -0.2) is 11.4 Å². The van der Waals surface area contributed by atoms with Gasteiger partial charge in [-0.2, -0.15) is 0 Å². The van der Waals surface area contributed by atoms with E-state index in [0.717, 1.165) is 33.0 Å². The first-order chi connectivity index (χ1) is 14.7. The maximum atomic E-state index is 11.7. The summed E-state index contributed by atoms with van der Waals surface area (Å²) in [6.45, 7) is 1.98. The summed E-state index contributed by atoms with van der Waals surface area (Å²) in [6, 6.07) is 25.9. The molecular formula is C28H22O2. The maximum absolute atomic E-state index is 11.7. The molecule has 2 heteroatoms. The van der Waals surface area contributed by atoms with Gasteiger partial charge < -0.3 is 5.11 Å². The number of hydrogen-bond acceptors (Lipinski definition) is 2. The van der Waals surface area contributed by atoms with E-state index in [1.54, 1.807) is 6.07 Å². The van der Waals surface area contributed by atoms with E-state index in [1.807, 2.05) is 73.7 Å². The smallest absolute Gasteiger partial charge is 0.153 e. The fourth-order valence-corrected chi connectivity index (χ4v) is 3.74. The molecule has 0 amide bonds. The number of phenols is 1. The van der Waals surface area contributed by atoms with Crippen LogP contribution >= 0.6 is 0 Å². The fraction of sp³-hybridized carbons (Fsp3) is 0.0357. The lowest BCUT2D eigenvalue weighted by Gasteiger charge is -2.16. The lowest BCUT2D eigenvalue weighted by atomic mass is 9.88. The Balaban J connectivity index is 2.07. The molecule has 0 saturated heterocycles. The quantitative estimate of drug-likeness (QED) is 0.287. The molecule has 30 heavy (non-hydrogen) atoms. The molecule has 0 spiro atoms. The van der Waals surface area contributed by atoms with Gasteiger partial charge >= 0.3 is 0 Å². The van der Waals surface area contributed by atoms with Gasteiger partial charge in [0, 0.05) is 5.56 Å². The van der Waals surface area contributed by atoms with Crippen molar-refractivity contribution in [2.75, 3.05) is 0 Å². The van der Waals surface area contributed by atoms with Gasteiger partial charge in [-0.15, -0.1) is 0 Å². The molecule has 1 N–H and O–H groups in total. The van der Waals surface area contributed by atoms with Crippen LogP contribution in [0.4, 0.5) is 0 Å². The Morgan fingerprint density at radius 2 is 1.57 bits per heavy atom. The first-order valence-electron chi connectivity index (χ1n) is 9.92. The van der Waals surface area contributed by atoms with E-state index < -0.39 is 0 Å². The van der Waals surface area contributed by atoms with Gasteiger partial charge in [0.1, 0.15) is 5.75 Å². The molecule has 0 atom stereocenters. The summed E-state index contributed by atoms with van der Waals surface area (Å²) in [5.41, 5.74) is 4.93. The molecule has 0 saturated carbocycles. The van der Waals surface area contributed by atoms with Gasteiger partial charge in [0.15, 0.2) is 6.29 Å². The molecule has 2 nitrogen and oxygen atoms in total. The van der Waals surface area contributed by atoms with Gasteiger partial charge in [0.25, 0.3) is 0 Å². The lowest BCUT2D eigenvalue weighted by Crippen LogP contribution is -1.92. The third-order valence-electron chi connectivity index (χ3n) is 5.17. The second-order valence-electron chi connectivity index (χ2n) is 7.08. The molecule has 0 aliphatic rings. The van der Waals surface area contributed by atoms with E-state index in [0.29, 0.717) is 11.8 Å². The van der Waals surface area contributed by atoms with Crippen molar-refractivity contribution < 1.29 is 9.90 Å². The highest BCUT2D eigenvalue weighted by Gasteiger charge is 2.18. The van der Waals surface area contributed by atoms with Crippen LogP contribution in [0.3, 0.4) is 0 Å². The molecule has 146 valence electrons. The van der Waals surface area contributed by atoms with Crippen LogP contribution in [0.5, 0.6) is 5.75 Å². The first kappa shape index (κ1) is 19.4. The van der Waals surface area contributed by atoms with Crippen molar-refractivity contribution in [3.05, 3.63) is 108 Å². The Hall–Kier alpha value is -3.91. The number of hydrogen-bond donors (Lipinski definition) is 1. The normalized spacial score (nSPS) is 11.5. The minimum absolute atomic E-state index is 0.00969. The molecule has 0 unspecified atom stereocenters. The zero-order valence-corrected chi connectivity index (χ0v) is 16.7. The number of rotatable bonds is 5. The number of fused-ring (bicyclic) bond motifs is 1. The predicted molar refractivity (Wildman–Crippen MR) is 126 cm³/mol. The number of benzene rings is 4. The molecule has 0 aromatic heterocycles. The number of aldehydes is 1. The second kappa shape index (κ2) is 8.62. The van der Waals surface area contributed by atoms with Gasteiger partial charge in [-0.1, -0.05) is 91.0 Å². The Morgan fingerprint density at radius 3 is 2.33 bits per heavy atom. The van der Waals surface area contributed by atoms with E-state index in [4.69, 9.17) is 0 Å². The van der Waals surface area contributed by atoms with Crippen molar-refractivity contribution in [1.29, 1.82) is 0 Å². The zero-order valence-electron chi connectivity index (χ0n) is 16.7. The van der Waals surface area contributed by atoms with Crippen LogP contribution in [0.25, 0.3) is 39.1 Å². The average Bonchev–Trinajstić information content (AvgIpc) is 2.79. The highest BCUT2D eigenvalue weighted by Crippen LogP contribution is 2.43. The maximum Gasteiger partial charge on any atom is 0.153 e. The number of aromatic hydroxyl groups is 1. The molecule has 0 radical (unpaired) electrons. The highest BCUT2D eigenvalue weighted by molar-refractivity contribution is 6.07. The number of phenolic OH excluding ortho intramolecular Hbond substituents is 1. The van der Waals surface area contributed by atoms with E-state index in [1.165, 1.54) is 0 Å². The van der Waals surface area contributed by atoms with Crippen LogP contribution in [0.1, 0.15) is 22.8 Å². The summed E-state index contributed by atoms with van der Waals surface area (Å²) in [5.74, 6) is 0.00969. The Kier molecular flexibility index (Phi) is 5.58. The van der Waals surface area contributed by atoms with Crippen LogP contribution in [-0.2, 0) is 0 Å². The Labute approximate surface area is 176 Å². The van der Waals surface area contributed by atoms with Crippen LogP contribution in [0.15, 0.2) is 97.1 Å². The fourth-order valence-electron chi connectivity index (χ4n) is 3.74. The Morgan fingerprint density at radius 1 is 0.800 bits per heavy atom. The predicted octanol–water partition coefficient (Wildman–Crippen LogP) is 7.28. The Bertz CT molecular complexity index is 1260. The highest BCUT2D eigenvalue weighted by atomic mass is 16.3. The number of allylic oxidation sites excluding steroid dienone is 3. The third-order valence-corrected chi connectivity index (χ3v) is 5.17. The van der Waals surface area contributed by atoms with Crippen LogP contribution in [0.2, 0.25) is 0 Å². The van der Waals surface area contributed by atoms with E-state index in [2.05, 4.69) is 30.3 Å². The van der Waals surface area contributed by atoms with Crippen molar-refractivity contribution in [2.45, 2.75) is 6.92 Å².